The van der Waals surface area contributed by atoms with Gasteiger partial charge in [0.05, 0.1) is 15.7 Å². The normalized spacial score (nSPS) is 10.8. The van der Waals surface area contributed by atoms with Crippen molar-refractivity contribution in [2.24, 2.45) is 0 Å². The summed E-state index contributed by atoms with van der Waals surface area (Å²) in [6.07, 6.45) is 4.47. The maximum absolute atomic E-state index is 13.2. The molecule has 126 valence electrons. The van der Waals surface area contributed by atoms with Crippen molar-refractivity contribution in [1.82, 2.24) is 9.38 Å². The average molecular weight is 398 g/mol. The molecule has 0 aliphatic rings. The molecule has 2 aromatic heterocycles. The number of phenolic OH excluding ortho intramolecular Hbond substituents is 1. The molecule has 0 saturated carbocycles. The molecule has 0 aliphatic carbocycles. The van der Waals surface area contributed by atoms with Gasteiger partial charge in [-0.05, 0) is 53.0 Å². The molecule has 3 aromatic rings. The van der Waals surface area contributed by atoms with Crippen molar-refractivity contribution in [1.29, 1.82) is 5.26 Å². The third-order valence-corrected chi connectivity index (χ3v) is 4.63. The van der Waals surface area contributed by atoms with E-state index in [1.807, 2.05) is 30.5 Å². The van der Waals surface area contributed by atoms with Crippen molar-refractivity contribution >= 4 is 27.4 Å². The Kier molecular flexibility index (Phi) is 4.86. The molecule has 0 aliphatic heterocycles. The van der Waals surface area contributed by atoms with Gasteiger partial charge >= 0.3 is 0 Å². The number of pyridine rings is 1. The molecule has 6 heteroatoms. The summed E-state index contributed by atoms with van der Waals surface area (Å²) in [6.45, 7) is 2.09. The number of fused-ring (bicyclic) bond motifs is 1. The van der Waals surface area contributed by atoms with Crippen LogP contribution in [0.15, 0.2) is 41.0 Å². The summed E-state index contributed by atoms with van der Waals surface area (Å²) in [5.74, 6) is -0.384. The van der Waals surface area contributed by atoms with Crippen LogP contribution in [0.5, 0.6) is 5.75 Å². The molecule has 0 bridgehead atoms. The van der Waals surface area contributed by atoms with Gasteiger partial charge in [-0.1, -0.05) is 19.4 Å². The van der Waals surface area contributed by atoms with Gasteiger partial charge in [-0.15, -0.1) is 0 Å². The van der Waals surface area contributed by atoms with Crippen LogP contribution in [0, 0.1) is 11.3 Å². The number of hydrogen-bond acceptors (Lipinski definition) is 4. The van der Waals surface area contributed by atoms with Gasteiger partial charge in [0.2, 0.25) is 5.78 Å². The first-order valence-corrected chi connectivity index (χ1v) is 8.79. The van der Waals surface area contributed by atoms with Crippen molar-refractivity contribution in [3.63, 3.8) is 0 Å². The average Bonchev–Trinajstić information content (AvgIpc) is 2.99. The van der Waals surface area contributed by atoms with Gasteiger partial charge in [-0.3, -0.25) is 9.20 Å². The van der Waals surface area contributed by atoms with Crippen LogP contribution in [0.25, 0.3) is 5.65 Å². The van der Waals surface area contributed by atoms with Crippen LogP contribution < -0.4 is 0 Å². The Morgan fingerprint density at radius 3 is 2.92 bits per heavy atom. The molecule has 2 heterocycles. The maximum Gasteiger partial charge on any atom is 0.211 e. The summed E-state index contributed by atoms with van der Waals surface area (Å²) in [4.78, 5) is 17.8. The largest absolute Gasteiger partial charge is 0.505 e. The molecule has 1 N–H and O–H groups in total. The van der Waals surface area contributed by atoms with Crippen molar-refractivity contribution in [3.8, 4) is 11.8 Å². The van der Waals surface area contributed by atoms with Crippen LogP contribution in [-0.4, -0.2) is 20.3 Å². The number of ketones is 1. The Hall–Kier alpha value is -2.65. The number of imidazole rings is 1. The van der Waals surface area contributed by atoms with Gasteiger partial charge in [0.1, 0.15) is 23.2 Å². The maximum atomic E-state index is 13.2. The number of rotatable bonds is 5. The zero-order chi connectivity index (χ0) is 18.0. The van der Waals surface area contributed by atoms with Crippen LogP contribution in [0.3, 0.4) is 0 Å². The first-order valence-electron chi connectivity index (χ1n) is 8.00. The molecule has 0 fully saturated rings. The van der Waals surface area contributed by atoms with Gasteiger partial charge in [0.15, 0.2) is 0 Å². The molecular formula is C19H16BrN3O2. The first-order chi connectivity index (χ1) is 12.1. The zero-order valence-electron chi connectivity index (χ0n) is 13.7. The molecule has 25 heavy (non-hydrogen) atoms. The SMILES string of the molecule is CCCCc1nc2ccccn2c1C(=O)c1cc(Br)c(O)c(C#N)c1. The topological polar surface area (TPSA) is 78.4 Å². The molecule has 0 atom stereocenters. The Morgan fingerprint density at radius 1 is 1.40 bits per heavy atom. The fourth-order valence-corrected chi connectivity index (χ4v) is 3.22. The van der Waals surface area contributed by atoms with Crippen molar-refractivity contribution < 1.29 is 9.90 Å². The second-order valence-corrected chi connectivity index (χ2v) is 6.59. The number of phenols is 1. The lowest BCUT2D eigenvalue weighted by Crippen LogP contribution is -2.09. The van der Waals surface area contributed by atoms with E-state index >= 15 is 0 Å². The molecule has 0 spiro atoms. The Bertz CT molecular complexity index is 1000. The minimum absolute atomic E-state index is 0.0571. The Labute approximate surface area is 153 Å². The highest BCUT2D eigenvalue weighted by Crippen LogP contribution is 2.30. The van der Waals surface area contributed by atoms with Gasteiger partial charge in [0, 0.05) is 11.8 Å². The van der Waals surface area contributed by atoms with E-state index in [1.54, 1.807) is 4.40 Å². The molecule has 5 nitrogen and oxygen atoms in total. The second kappa shape index (κ2) is 7.08. The van der Waals surface area contributed by atoms with E-state index in [0.717, 1.165) is 24.2 Å². The number of aromatic hydroxyl groups is 1. The highest BCUT2D eigenvalue weighted by atomic mass is 79.9. The van der Waals surface area contributed by atoms with E-state index in [0.29, 0.717) is 22.2 Å². The quantitative estimate of drug-likeness (QED) is 0.652. The highest BCUT2D eigenvalue weighted by molar-refractivity contribution is 9.10. The fraction of sp³-hybridized carbons (Fsp3) is 0.211. The van der Waals surface area contributed by atoms with Crippen LogP contribution >= 0.6 is 15.9 Å². The van der Waals surface area contributed by atoms with E-state index < -0.39 is 0 Å². The lowest BCUT2D eigenvalue weighted by Gasteiger charge is -2.07. The number of aromatic nitrogens is 2. The summed E-state index contributed by atoms with van der Waals surface area (Å²) in [6, 6.07) is 10.4. The van der Waals surface area contributed by atoms with Crippen LogP contribution in [0.1, 0.15) is 47.1 Å². The molecule has 0 radical (unpaired) electrons. The first kappa shape index (κ1) is 17.2. The smallest absolute Gasteiger partial charge is 0.211 e. The number of carbonyl (C=O) groups is 1. The minimum atomic E-state index is -0.220. The van der Waals surface area contributed by atoms with Gasteiger partial charge in [0.25, 0.3) is 0 Å². The standard InChI is InChI=1S/C19H16BrN3O2/c1-2-3-6-15-17(23-8-5-4-7-16(23)22-15)19(25)12-9-13(11-21)18(24)14(20)10-12/h4-5,7-10,24H,2-3,6H2,1H3. The lowest BCUT2D eigenvalue weighted by molar-refractivity contribution is 0.103. The number of carbonyl (C=O) groups excluding carboxylic acids is 1. The number of halogens is 1. The van der Waals surface area contributed by atoms with E-state index in [-0.39, 0.29) is 17.1 Å². The predicted molar refractivity (Wildman–Crippen MR) is 97.8 cm³/mol. The molecule has 3 rings (SSSR count). The third-order valence-electron chi connectivity index (χ3n) is 4.03. The van der Waals surface area contributed by atoms with Crippen LogP contribution in [0.4, 0.5) is 0 Å². The van der Waals surface area contributed by atoms with E-state index in [1.165, 1.54) is 12.1 Å². The number of nitrogens with zero attached hydrogens (tertiary/aromatic N) is 3. The number of aryl methyl sites for hydroxylation is 1. The van der Waals surface area contributed by atoms with Crippen molar-refractivity contribution in [3.05, 3.63) is 63.5 Å². The van der Waals surface area contributed by atoms with E-state index in [2.05, 4.69) is 27.8 Å². The minimum Gasteiger partial charge on any atom is -0.505 e. The Morgan fingerprint density at radius 2 is 2.20 bits per heavy atom. The predicted octanol–water partition coefficient (Wildman–Crippen LogP) is 4.25. The van der Waals surface area contributed by atoms with Crippen molar-refractivity contribution in [2.45, 2.75) is 26.2 Å². The molecular weight excluding hydrogens is 382 g/mol. The van der Waals surface area contributed by atoms with Crippen LogP contribution in [-0.2, 0) is 6.42 Å². The number of benzene rings is 1. The lowest BCUT2D eigenvalue weighted by atomic mass is 10.0. The zero-order valence-corrected chi connectivity index (χ0v) is 15.2. The number of nitriles is 1. The molecule has 0 unspecified atom stereocenters. The molecule has 0 saturated heterocycles. The van der Waals surface area contributed by atoms with Crippen LogP contribution in [0.2, 0.25) is 0 Å². The summed E-state index contributed by atoms with van der Waals surface area (Å²) in [7, 11) is 0. The summed E-state index contributed by atoms with van der Waals surface area (Å²) in [5.41, 5.74) is 2.37. The summed E-state index contributed by atoms with van der Waals surface area (Å²) in [5, 5.41) is 19.0. The van der Waals surface area contributed by atoms with E-state index in [9.17, 15) is 9.90 Å². The van der Waals surface area contributed by atoms with Crippen molar-refractivity contribution in [2.75, 3.05) is 0 Å². The van der Waals surface area contributed by atoms with Gasteiger partial charge in [-0.25, -0.2) is 4.98 Å². The van der Waals surface area contributed by atoms with E-state index in [4.69, 9.17) is 5.26 Å². The van der Waals surface area contributed by atoms with Gasteiger partial charge < -0.3 is 5.11 Å². The monoisotopic (exact) mass is 397 g/mol. The molecule has 0 amide bonds. The number of unbranched alkanes of at least 4 members (excludes halogenated alkanes) is 1. The molecule has 1 aromatic carbocycles. The fourth-order valence-electron chi connectivity index (χ4n) is 2.76. The Balaban J connectivity index is 2.17. The summed E-state index contributed by atoms with van der Waals surface area (Å²) < 4.78 is 2.10. The highest BCUT2D eigenvalue weighted by Gasteiger charge is 2.22. The number of hydrogen-bond donors (Lipinski definition) is 1. The summed E-state index contributed by atoms with van der Waals surface area (Å²) >= 11 is 3.20. The second-order valence-electron chi connectivity index (χ2n) is 5.73. The van der Waals surface area contributed by atoms with Gasteiger partial charge in [-0.2, -0.15) is 5.26 Å². The third kappa shape index (κ3) is 3.15.